The Bertz CT molecular complexity index is 727. The van der Waals surface area contributed by atoms with Crippen molar-refractivity contribution < 1.29 is 9.53 Å². The lowest BCUT2D eigenvalue weighted by molar-refractivity contribution is -0.120. The number of amides is 1. The van der Waals surface area contributed by atoms with Crippen LogP contribution in [0.25, 0.3) is 10.9 Å². The molecule has 0 spiro atoms. The highest BCUT2D eigenvalue weighted by Crippen LogP contribution is 2.39. The van der Waals surface area contributed by atoms with Gasteiger partial charge in [-0.25, -0.2) is 0 Å². The summed E-state index contributed by atoms with van der Waals surface area (Å²) in [6.45, 7) is 1.85. The smallest absolute Gasteiger partial charge is 0.224 e. The third-order valence-corrected chi connectivity index (χ3v) is 4.61. The van der Waals surface area contributed by atoms with Crippen molar-refractivity contribution >= 4 is 45.7 Å². The number of ether oxygens (including phenoxy) is 1. The number of methoxy groups -OCH3 is 1. The molecule has 118 valence electrons. The van der Waals surface area contributed by atoms with E-state index in [9.17, 15) is 4.79 Å². The van der Waals surface area contributed by atoms with Gasteiger partial charge in [-0.05, 0) is 11.6 Å². The Kier molecular flexibility index (Phi) is 4.47. The van der Waals surface area contributed by atoms with Crippen LogP contribution in [0.2, 0.25) is 10.0 Å². The van der Waals surface area contributed by atoms with Gasteiger partial charge in [0.25, 0.3) is 0 Å². The number of fused-ring (bicyclic) bond motifs is 3. The van der Waals surface area contributed by atoms with E-state index < -0.39 is 0 Å². The van der Waals surface area contributed by atoms with E-state index >= 15 is 0 Å². The number of benzene rings is 1. The van der Waals surface area contributed by atoms with Gasteiger partial charge in [0.1, 0.15) is 0 Å². The van der Waals surface area contributed by atoms with Crippen molar-refractivity contribution in [2.45, 2.75) is 12.8 Å². The van der Waals surface area contributed by atoms with E-state index in [1.165, 1.54) is 0 Å². The molecule has 0 bridgehead atoms. The monoisotopic (exact) mass is 341 g/mol. The van der Waals surface area contributed by atoms with E-state index in [1.54, 1.807) is 13.2 Å². The van der Waals surface area contributed by atoms with E-state index in [2.05, 4.69) is 15.6 Å². The molecule has 3 N–H and O–H groups in total. The van der Waals surface area contributed by atoms with Crippen molar-refractivity contribution in [3.63, 3.8) is 0 Å². The van der Waals surface area contributed by atoms with Crippen LogP contribution in [0.5, 0.6) is 0 Å². The van der Waals surface area contributed by atoms with Crippen LogP contribution in [0.15, 0.2) is 6.07 Å². The number of carbonyl (C=O) groups is 1. The molecular weight excluding hydrogens is 325 g/mol. The molecule has 1 amide bonds. The summed E-state index contributed by atoms with van der Waals surface area (Å²) >= 11 is 12.6. The minimum Gasteiger partial charge on any atom is -0.383 e. The van der Waals surface area contributed by atoms with Crippen LogP contribution >= 0.6 is 23.2 Å². The lowest BCUT2D eigenvalue weighted by atomic mass is 10.0. The maximum atomic E-state index is 11.9. The van der Waals surface area contributed by atoms with Crippen molar-refractivity contribution in [1.82, 2.24) is 10.3 Å². The minimum atomic E-state index is 0.0218. The molecule has 0 aliphatic carbocycles. The average molecular weight is 342 g/mol. The third kappa shape index (κ3) is 2.76. The number of halogens is 2. The second-order valence-corrected chi connectivity index (χ2v) is 6.03. The van der Waals surface area contributed by atoms with Crippen LogP contribution in [-0.4, -0.2) is 37.7 Å². The Balaban J connectivity index is 2.15. The molecule has 0 atom stereocenters. The van der Waals surface area contributed by atoms with E-state index in [0.717, 1.165) is 34.3 Å². The van der Waals surface area contributed by atoms with Gasteiger partial charge in [-0.2, -0.15) is 0 Å². The maximum Gasteiger partial charge on any atom is 0.224 e. The zero-order chi connectivity index (χ0) is 15.7. The Morgan fingerprint density at radius 3 is 3.00 bits per heavy atom. The number of carbonyl (C=O) groups excluding carboxylic acids is 1. The molecule has 3 rings (SSSR count). The molecule has 7 heteroatoms. The molecule has 0 saturated heterocycles. The summed E-state index contributed by atoms with van der Waals surface area (Å²) in [4.78, 5) is 15.2. The fraction of sp³-hybridized carbons (Fsp3) is 0.400. The SMILES string of the molecule is COCCNc1cc(Cl)c(Cl)c2[nH]c3c(c12)CC(=O)NCC3. The number of anilines is 1. The molecule has 2 aromatic rings. The van der Waals surface area contributed by atoms with Crippen molar-refractivity contribution in [2.24, 2.45) is 0 Å². The number of rotatable bonds is 4. The topological polar surface area (TPSA) is 66.1 Å². The standard InChI is InChI=1S/C15H17Cl2N3O2/c1-22-5-4-18-11-7-9(16)14(17)15-13(11)8-6-12(21)19-3-2-10(8)20-15/h7,18,20H,2-6H2,1H3,(H,19,21). The molecule has 1 aromatic heterocycles. The molecule has 1 aliphatic rings. The van der Waals surface area contributed by atoms with E-state index in [-0.39, 0.29) is 5.91 Å². The van der Waals surface area contributed by atoms with Gasteiger partial charge in [0, 0.05) is 43.4 Å². The first kappa shape index (κ1) is 15.5. The van der Waals surface area contributed by atoms with Gasteiger partial charge in [0.2, 0.25) is 5.91 Å². The van der Waals surface area contributed by atoms with Crippen LogP contribution in [0.3, 0.4) is 0 Å². The van der Waals surface area contributed by atoms with Crippen molar-refractivity contribution in [2.75, 3.05) is 32.1 Å². The van der Waals surface area contributed by atoms with E-state index in [1.807, 2.05) is 0 Å². The number of hydrogen-bond donors (Lipinski definition) is 3. The fourth-order valence-corrected chi connectivity index (χ4v) is 3.22. The summed E-state index contributed by atoms with van der Waals surface area (Å²) in [5.74, 6) is 0.0218. The molecular formula is C15H17Cl2N3O2. The number of hydrogen-bond acceptors (Lipinski definition) is 3. The first-order valence-electron chi connectivity index (χ1n) is 7.12. The minimum absolute atomic E-state index is 0.0218. The van der Waals surface area contributed by atoms with Gasteiger partial charge in [-0.15, -0.1) is 0 Å². The highest BCUT2D eigenvalue weighted by atomic mass is 35.5. The molecule has 5 nitrogen and oxygen atoms in total. The zero-order valence-electron chi connectivity index (χ0n) is 12.2. The fourth-order valence-electron chi connectivity index (χ4n) is 2.82. The third-order valence-electron chi connectivity index (χ3n) is 3.82. The van der Waals surface area contributed by atoms with Gasteiger partial charge in [0.15, 0.2) is 0 Å². The molecule has 0 fully saturated rings. The molecule has 0 unspecified atom stereocenters. The molecule has 0 radical (unpaired) electrons. The number of aromatic nitrogens is 1. The predicted octanol–water partition coefficient (Wildman–Crippen LogP) is 2.75. The predicted molar refractivity (Wildman–Crippen MR) is 89.1 cm³/mol. The van der Waals surface area contributed by atoms with Gasteiger partial charge < -0.3 is 20.4 Å². The zero-order valence-corrected chi connectivity index (χ0v) is 13.7. The Morgan fingerprint density at radius 1 is 1.41 bits per heavy atom. The second-order valence-electron chi connectivity index (χ2n) is 5.25. The van der Waals surface area contributed by atoms with Gasteiger partial charge in [-0.3, -0.25) is 4.79 Å². The largest absolute Gasteiger partial charge is 0.383 e. The van der Waals surface area contributed by atoms with Crippen LogP contribution in [-0.2, 0) is 22.4 Å². The summed E-state index contributed by atoms with van der Waals surface area (Å²) in [5, 5.41) is 8.10. The first-order chi connectivity index (χ1) is 10.6. The quantitative estimate of drug-likeness (QED) is 0.749. The van der Waals surface area contributed by atoms with E-state index in [4.69, 9.17) is 27.9 Å². The van der Waals surface area contributed by atoms with Crippen molar-refractivity contribution in [1.29, 1.82) is 0 Å². The number of H-pyrrole nitrogens is 1. The summed E-state index contributed by atoms with van der Waals surface area (Å²) < 4.78 is 5.07. The number of aromatic amines is 1. The van der Waals surface area contributed by atoms with E-state index in [0.29, 0.717) is 36.2 Å². The van der Waals surface area contributed by atoms with Crippen molar-refractivity contribution in [3.8, 4) is 0 Å². The van der Waals surface area contributed by atoms with Crippen LogP contribution in [0.4, 0.5) is 5.69 Å². The maximum absolute atomic E-state index is 11.9. The summed E-state index contributed by atoms with van der Waals surface area (Å²) in [6.07, 6.45) is 1.09. The normalized spacial score (nSPS) is 14.6. The van der Waals surface area contributed by atoms with Crippen LogP contribution in [0, 0.1) is 0 Å². The molecule has 1 aliphatic heterocycles. The summed E-state index contributed by atoms with van der Waals surface area (Å²) in [7, 11) is 1.65. The number of nitrogens with one attached hydrogen (secondary N) is 3. The van der Waals surface area contributed by atoms with Crippen LogP contribution in [0.1, 0.15) is 11.3 Å². The highest BCUT2D eigenvalue weighted by Gasteiger charge is 2.22. The Hall–Kier alpha value is -1.43. The molecule has 2 heterocycles. The van der Waals surface area contributed by atoms with Crippen molar-refractivity contribution in [3.05, 3.63) is 27.4 Å². The highest BCUT2D eigenvalue weighted by molar-refractivity contribution is 6.45. The van der Waals surface area contributed by atoms with Crippen LogP contribution < -0.4 is 10.6 Å². The second kappa shape index (κ2) is 6.36. The first-order valence-corrected chi connectivity index (χ1v) is 7.88. The average Bonchev–Trinajstić information content (AvgIpc) is 2.73. The molecule has 0 saturated carbocycles. The molecule has 1 aromatic carbocycles. The lowest BCUT2D eigenvalue weighted by Gasteiger charge is -2.11. The van der Waals surface area contributed by atoms with Gasteiger partial charge >= 0.3 is 0 Å². The van der Waals surface area contributed by atoms with Gasteiger partial charge in [0.05, 0.1) is 28.6 Å². The lowest BCUT2D eigenvalue weighted by Crippen LogP contribution is -2.24. The summed E-state index contributed by atoms with van der Waals surface area (Å²) in [5.41, 5.74) is 3.68. The molecule has 22 heavy (non-hydrogen) atoms. The Labute approximate surface area is 138 Å². The Morgan fingerprint density at radius 2 is 2.23 bits per heavy atom. The summed E-state index contributed by atoms with van der Waals surface area (Å²) in [6, 6.07) is 1.80. The van der Waals surface area contributed by atoms with Gasteiger partial charge in [-0.1, -0.05) is 23.2 Å².